The average molecular weight is 903 g/mol. The number of phenols is 1. The van der Waals surface area contributed by atoms with Gasteiger partial charge < -0.3 is 35.4 Å². The number of anilines is 6. The van der Waals surface area contributed by atoms with Crippen molar-refractivity contribution >= 4 is 101 Å². The summed E-state index contributed by atoms with van der Waals surface area (Å²) in [6.45, 7) is 0. The van der Waals surface area contributed by atoms with Gasteiger partial charge in [-0.25, -0.2) is 16.8 Å². The third-order valence-corrected chi connectivity index (χ3v) is 9.37. The number of nitrogens with one attached hydrogen (secondary N) is 3. The van der Waals surface area contributed by atoms with E-state index in [-0.39, 0.29) is 139 Å². The second-order valence-electron chi connectivity index (χ2n) is 10.5. The molecule has 0 unspecified atom stereocenters. The summed E-state index contributed by atoms with van der Waals surface area (Å²) in [5, 5.41) is 41.2. The molecule has 58 heavy (non-hydrogen) atoms. The summed E-state index contributed by atoms with van der Waals surface area (Å²) in [4.78, 5) is 16.8. The van der Waals surface area contributed by atoms with Crippen molar-refractivity contribution in [3.63, 3.8) is 0 Å². The van der Waals surface area contributed by atoms with E-state index in [1.807, 2.05) is 0 Å². The minimum absolute atomic E-state index is 0. The number of azo groups is 1. The number of nitrogens with zero attached hydrogens (tertiary/aromatic N) is 7. The van der Waals surface area contributed by atoms with E-state index in [1.54, 1.807) is 0 Å². The number of halogens is 3. The molecule has 4 aromatic carbocycles. The van der Waals surface area contributed by atoms with Crippen LogP contribution in [0.1, 0.15) is 0 Å². The van der Waals surface area contributed by atoms with Crippen molar-refractivity contribution in [3.05, 3.63) is 90.1 Å². The summed E-state index contributed by atoms with van der Waals surface area (Å²) >= 11 is 6.34. The molecule has 0 fully saturated rings. The zero-order valence-corrected chi connectivity index (χ0v) is 38.7. The molecule has 0 saturated heterocycles. The molecule has 20 nitrogen and oxygen atoms in total. The fourth-order valence-corrected chi connectivity index (χ4v) is 6.43. The largest absolute Gasteiger partial charge is 1.00 e. The van der Waals surface area contributed by atoms with Crippen LogP contribution < -0.4 is 110 Å². The number of aromatic hydroxyl groups is 1. The first-order valence-electron chi connectivity index (χ1n) is 14.5. The molecular formula is C29H16ClF2N10Na3O10S3. The van der Waals surface area contributed by atoms with E-state index in [4.69, 9.17) is 11.6 Å². The van der Waals surface area contributed by atoms with Gasteiger partial charge in [-0.1, -0.05) is 12.1 Å². The Labute approximate surface area is 401 Å². The molecule has 0 amide bonds. The third-order valence-electron chi connectivity index (χ3n) is 6.87. The van der Waals surface area contributed by atoms with Crippen LogP contribution in [0.4, 0.5) is 54.9 Å². The van der Waals surface area contributed by atoms with Gasteiger partial charge in [-0.3, -0.25) is 5.04 Å². The zero-order valence-electron chi connectivity index (χ0n) is 29.5. The van der Waals surface area contributed by atoms with Gasteiger partial charge >= 0.3 is 94.8 Å². The SMILES string of the molecule is O=S(=O)([O-])c1cccc(Nc2nc(Cl)nc(Nc3ccc(S(=O)(=O)[O-])c(N=Nc4c(SOO[O-])cc5ccc(Nc6cc(F)nc(F)n6)cc5c4O)c3)n2)c1.[Na+].[Na+].[Na+]. The van der Waals surface area contributed by atoms with Crippen LogP contribution in [0.15, 0.2) is 97.7 Å². The van der Waals surface area contributed by atoms with Crippen molar-refractivity contribution in [2.45, 2.75) is 14.7 Å². The summed E-state index contributed by atoms with van der Waals surface area (Å²) < 4.78 is 102. The van der Waals surface area contributed by atoms with Crippen LogP contribution in [0.3, 0.4) is 0 Å². The Hall–Kier alpha value is -2.77. The quantitative estimate of drug-likeness (QED) is 0.0126. The molecule has 0 spiro atoms. The van der Waals surface area contributed by atoms with Gasteiger partial charge in [0.25, 0.3) is 0 Å². The molecule has 0 saturated carbocycles. The fraction of sp³-hybridized carbons (Fsp3) is 0. The van der Waals surface area contributed by atoms with Gasteiger partial charge in [0.2, 0.25) is 23.1 Å². The summed E-state index contributed by atoms with van der Waals surface area (Å²) in [5.41, 5.74) is -0.672. The van der Waals surface area contributed by atoms with Crippen molar-refractivity contribution in [1.82, 2.24) is 24.9 Å². The number of fused-ring (bicyclic) bond motifs is 1. The Balaban J connectivity index is 0.00000300. The summed E-state index contributed by atoms with van der Waals surface area (Å²) in [7, 11) is -9.97. The molecule has 4 N–H and O–H groups in total. The van der Waals surface area contributed by atoms with Crippen LogP contribution in [-0.2, 0) is 29.6 Å². The molecule has 0 bridgehead atoms. The van der Waals surface area contributed by atoms with Crippen LogP contribution in [0.25, 0.3) is 10.8 Å². The van der Waals surface area contributed by atoms with Crippen LogP contribution >= 0.6 is 23.6 Å². The van der Waals surface area contributed by atoms with Crippen molar-refractivity contribution in [1.29, 1.82) is 0 Å². The molecule has 2 aromatic heterocycles. The van der Waals surface area contributed by atoms with Crippen molar-refractivity contribution in [3.8, 4) is 5.75 Å². The van der Waals surface area contributed by atoms with Crippen molar-refractivity contribution in [2.75, 3.05) is 16.0 Å². The Bertz CT molecular complexity index is 2720. The predicted molar refractivity (Wildman–Crippen MR) is 183 cm³/mol. The van der Waals surface area contributed by atoms with Gasteiger partial charge in [-0.05, 0) is 71.6 Å². The molecule has 6 rings (SSSR count). The molecule has 2 heterocycles. The number of hydrogen-bond donors (Lipinski definition) is 4. The minimum Gasteiger partial charge on any atom is -0.744 e. The first kappa shape index (κ1) is 49.6. The standard InChI is InChI=1S/C29H19ClF2N10O10S3.3Na/c30-26-38-28(34-14-2-1-3-17(9-14)54(45,46)47)40-29(39-26)35-16-6-7-21(55(48,49)50)19(11-16)41-42-24-20(53-52-51-44)8-13-4-5-15(10-18(13)25(24)43)33-23-12-22(31)36-27(32)37-23;;;/h1-12,43-44H,(H,33,36,37)(H,45,46,47)(H,48,49,50)(H2,34,35,38,39,40);;;/q;3*+1/p-3. The average Bonchev–Trinajstić information content (AvgIpc) is 3.09. The molecule has 0 aliphatic heterocycles. The monoisotopic (exact) mass is 902 g/mol. The first-order valence-corrected chi connectivity index (χ1v) is 18.4. The normalized spacial score (nSPS) is 11.3. The third kappa shape index (κ3) is 12.9. The van der Waals surface area contributed by atoms with Gasteiger partial charge in [0.1, 0.15) is 37.4 Å². The smallest absolute Gasteiger partial charge is 0.744 e. The van der Waals surface area contributed by atoms with Gasteiger partial charge in [0.15, 0.2) is 5.75 Å². The Morgan fingerprint density at radius 1 is 0.759 bits per heavy atom. The molecule has 29 heteroatoms. The Morgan fingerprint density at radius 3 is 2.05 bits per heavy atom. The predicted octanol–water partition coefficient (Wildman–Crippen LogP) is -3.85. The summed E-state index contributed by atoms with van der Waals surface area (Å²) in [6, 6.07) is 14.4. The zero-order chi connectivity index (χ0) is 39.5. The molecule has 284 valence electrons. The van der Waals surface area contributed by atoms with E-state index >= 15 is 0 Å². The molecular weight excluding hydrogens is 887 g/mol. The van der Waals surface area contributed by atoms with E-state index in [1.165, 1.54) is 36.4 Å². The van der Waals surface area contributed by atoms with Crippen LogP contribution in [0, 0.1) is 12.0 Å². The first-order chi connectivity index (χ1) is 26.0. The topological polar surface area (TPSA) is 301 Å². The maximum Gasteiger partial charge on any atom is 1.00 e. The van der Waals surface area contributed by atoms with E-state index in [9.17, 15) is 45.1 Å². The van der Waals surface area contributed by atoms with E-state index in [0.717, 1.165) is 36.4 Å². The fourth-order valence-electron chi connectivity index (χ4n) is 4.67. The van der Waals surface area contributed by atoms with Crippen molar-refractivity contribution < 1.29 is 143 Å². The maximum absolute atomic E-state index is 13.6. The second-order valence-corrected chi connectivity index (χ2v) is 14.3. The van der Waals surface area contributed by atoms with Crippen molar-refractivity contribution in [2.24, 2.45) is 10.2 Å². The van der Waals surface area contributed by atoms with Crippen LogP contribution in [0.2, 0.25) is 5.28 Å². The second kappa shape index (κ2) is 21.2. The number of benzene rings is 4. The van der Waals surface area contributed by atoms with Crippen LogP contribution in [-0.4, -0.2) is 56.0 Å². The van der Waals surface area contributed by atoms with Gasteiger partial charge in [0.05, 0.1) is 26.7 Å². The number of hydrogen-bond acceptors (Lipinski definition) is 21. The molecule has 6 aromatic rings. The Kier molecular flexibility index (Phi) is 18.1. The number of rotatable bonds is 13. The van der Waals surface area contributed by atoms with Gasteiger partial charge in [-0.15, -0.1) is 10.2 Å². The number of aromatic nitrogens is 5. The van der Waals surface area contributed by atoms with E-state index in [0.29, 0.717) is 17.4 Å². The Morgan fingerprint density at radius 2 is 1.41 bits per heavy atom. The van der Waals surface area contributed by atoms with Gasteiger partial charge in [-0.2, -0.15) is 38.0 Å². The summed E-state index contributed by atoms with van der Waals surface area (Å²) in [6.07, 6.45) is -1.34. The maximum atomic E-state index is 13.6. The van der Waals surface area contributed by atoms with Gasteiger partial charge in [0, 0.05) is 28.5 Å². The molecule has 0 aliphatic rings. The van der Waals surface area contributed by atoms with E-state index in [2.05, 4.69) is 60.5 Å². The number of phenolic OH excluding ortho intramolecular Hbond substituents is 1. The minimum atomic E-state index is -5.19. The summed E-state index contributed by atoms with van der Waals surface area (Å²) in [5.74, 6) is -2.47. The molecule has 0 aliphatic carbocycles. The van der Waals surface area contributed by atoms with Crippen LogP contribution in [0.5, 0.6) is 5.75 Å². The molecule has 0 atom stereocenters. The van der Waals surface area contributed by atoms with E-state index < -0.39 is 59.2 Å². The molecule has 0 radical (unpaired) electrons.